The molecule has 0 aromatic heterocycles. The number of hydrogen-bond acceptors (Lipinski definition) is 3. The van der Waals surface area contributed by atoms with Crippen LogP contribution < -0.4 is 5.32 Å². The molecule has 2 unspecified atom stereocenters. The molecule has 0 radical (unpaired) electrons. The lowest BCUT2D eigenvalue weighted by atomic mass is 10.0. The summed E-state index contributed by atoms with van der Waals surface area (Å²) in [6.07, 6.45) is 4.72. The number of halogens is 1. The third-order valence-corrected chi connectivity index (χ3v) is 5.67. The molecule has 1 fully saturated rings. The van der Waals surface area contributed by atoms with Crippen molar-refractivity contribution in [3.8, 4) is 0 Å². The third-order valence-electron chi connectivity index (χ3n) is 4.06. The topological polar surface area (TPSA) is 32.3 Å². The van der Waals surface area contributed by atoms with Gasteiger partial charge in [-0.1, -0.05) is 15.9 Å². The van der Waals surface area contributed by atoms with E-state index in [1.807, 2.05) is 11.8 Å². The van der Waals surface area contributed by atoms with Crippen LogP contribution in [0.15, 0.2) is 27.6 Å². The number of thioether (sulfide) groups is 1. The van der Waals surface area contributed by atoms with Crippen molar-refractivity contribution < 1.29 is 5.11 Å². The van der Waals surface area contributed by atoms with E-state index in [4.69, 9.17) is 0 Å². The zero-order valence-corrected chi connectivity index (χ0v) is 13.3. The van der Waals surface area contributed by atoms with Gasteiger partial charge in [0.25, 0.3) is 0 Å². The number of nitrogens with one attached hydrogen (secondary N) is 1. The minimum Gasteiger partial charge on any atom is -0.396 e. The van der Waals surface area contributed by atoms with Crippen molar-refractivity contribution in [3.05, 3.63) is 28.2 Å². The maximum Gasteiger partial charge on any atom is 0.0445 e. The summed E-state index contributed by atoms with van der Waals surface area (Å²) in [7, 11) is 0. The first kappa shape index (κ1) is 13.9. The molecule has 2 atom stereocenters. The van der Waals surface area contributed by atoms with Crippen molar-refractivity contribution in [2.75, 3.05) is 12.4 Å². The third kappa shape index (κ3) is 3.35. The van der Waals surface area contributed by atoms with Crippen LogP contribution in [0, 0.1) is 5.92 Å². The quantitative estimate of drug-likeness (QED) is 0.855. The van der Waals surface area contributed by atoms with Gasteiger partial charge >= 0.3 is 0 Å². The molecule has 19 heavy (non-hydrogen) atoms. The summed E-state index contributed by atoms with van der Waals surface area (Å²) in [5, 5.41) is 13.0. The highest BCUT2D eigenvalue weighted by Crippen LogP contribution is 2.40. The molecule has 1 saturated carbocycles. The zero-order valence-electron chi connectivity index (χ0n) is 10.9. The van der Waals surface area contributed by atoms with Gasteiger partial charge in [-0.05, 0) is 61.1 Å². The monoisotopic (exact) mass is 341 g/mol. The number of hydrogen-bond donors (Lipinski definition) is 2. The second-order valence-corrected chi connectivity index (χ2v) is 7.55. The summed E-state index contributed by atoms with van der Waals surface area (Å²) >= 11 is 5.53. The van der Waals surface area contributed by atoms with Crippen molar-refractivity contribution in [3.63, 3.8) is 0 Å². The molecule has 0 saturated heterocycles. The maximum absolute atomic E-state index is 9.23. The van der Waals surface area contributed by atoms with Crippen LogP contribution in [0.5, 0.6) is 0 Å². The molecule has 1 aliphatic carbocycles. The first-order chi connectivity index (χ1) is 9.28. The highest BCUT2D eigenvalue weighted by atomic mass is 79.9. The fourth-order valence-electron chi connectivity index (χ4n) is 2.89. The van der Waals surface area contributed by atoms with Gasteiger partial charge < -0.3 is 10.4 Å². The summed E-state index contributed by atoms with van der Waals surface area (Å²) in [5.41, 5.74) is 1.43. The molecular weight excluding hydrogens is 322 g/mol. The lowest BCUT2D eigenvalue weighted by molar-refractivity contribution is 0.246. The smallest absolute Gasteiger partial charge is 0.0445 e. The van der Waals surface area contributed by atoms with Gasteiger partial charge in [0, 0.05) is 28.1 Å². The Bertz CT molecular complexity index is 450. The highest BCUT2D eigenvalue weighted by molar-refractivity contribution is 9.10. The summed E-state index contributed by atoms with van der Waals surface area (Å²) in [5.74, 6) is 1.97. The molecule has 0 amide bonds. The maximum atomic E-state index is 9.23. The van der Waals surface area contributed by atoms with Gasteiger partial charge in [0.15, 0.2) is 0 Å². The second kappa shape index (κ2) is 6.17. The Hall–Kier alpha value is -0.0300. The predicted molar refractivity (Wildman–Crippen MR) is 83.6 cm³/mol. The number of fused-ring (bicyclic) bond motifs is 1. The Balaban J connectivity index is 1.76. The van der Waals surface area contributed by atoms with Crippen LogP contribution in [0.4, 0.5) is 0 Å². The van der Waals surface area contributed by atoms with Gasteiger partial charge in [0.2, 0.25) is 0 Å². The second-order valence-electron chi connectivity index (χ2n) is 5.49. The van der Waals surface area contributed by atoms with E-state index in [0.29, 0.717) is 18.7 Å². The molecule has 2 aliphatic rings. The van der Waals surface area contributed by atoms with Gasteiger partial charge in [0.1, 0.15) is 0 Å². The molecule has 4 heteroatoms. The zero-order chi connectivity index (χ0) is 13.2. The fourth-order valence-corrected chi connectivity index (χ4v) is 4.37. The van der Waals surface area contributed by atoms with E-state index in [1.165, 1.54) is 35.5 Å². The molecule has 1 aromatic carbocycles. The molecule has 0 spiro atoms. The molecular formula is C15H20BrNOS. The average Bonchev–Trinajstić information content (AvgIpc) is 3.23. The summed E-state index contributed by atoms with van der Waals surface area (Å²) in [6.45, 7) is 0.293. The number of benzene rings is 1. The normalized spacial score (nSPS) is 24.0. The standard InChI is InChI=1S/C15H20BrNOS/c16-11-3-4-15-12(9-11)14(6-8-19-15)17-13(5-7-18)10-1-2-10/h3-4,9-10,13-14,17-18H,1-2,5-8H2. The predicted octanol–water partition coefficient (Wildman–Crippen LogP) is 3.74. The first-order valence-corrected chi connectivity index (χ1v) is 8.85. The molecule has 0 bridgehead atoms. The van der Waals surface area contributed by atoms with Crippen LogP contribution >= 0.6 is 27.7 Å². The van der Waals surface area contributed by atoms with E-state index in [9.17, 15) is 5.11 Å². The van der Waals surface area contributed by atoms with Gasteiger partial charge in [-0.15, -0.1) is 11.8 Å². The number of aliphatic hydroxyl groups excluding tert-OH is 1. The molecule has 1 heterocycles. The van der Waals surface area contributed by atoms with Crippen LogP contribution in [0.1, 0.15) is 37.3 Å². The summed E-state index contributed by atoms with van der Waals surface area (Å²) in [6, 6.07) is 7.54. The SMILES string of the molecule is OCCC(NC1CCSc2ccc(Br)cc21)C1CC1. The molecule has 2 nitrogen and oxygen atoms in total. The van der Waals surface area contributed by atoms with Crippen molar-refractivity contribution in [2.45, 2.75) is 42.7 Å². The van der Waals surface area contributed by atoms with Crippen LogP contribution in [0.3, 0.4) is 0 Å². The van der Waals surface area contributed by atoms with Gasteiger partial charge in [0.05, 0.1) is 0 Å². The van der Waals surface area contributed by atoms with Gasteiger partial charge in [-0.3, -0.25) is 0 Å². The molecule has 1 aliphatic heterocycles. The Morgan fingerprint density at radius 2 is 2.21 bits per heavy atom. The summed E-state index contributed by atoms with van der Waals surface area (Å²) in [4.78, 5) is 1.41. The molecule has 104 valence electrons. The summed E-state index contributed by atoms with van der Waals surface area (Å²) < 4.78 is 1.16. The van der Waals surface area contributed by atoms with E-state index in [1.54, 1.807) is 0 Å². The lowest BCUT2D eigenvalue weighted by Crippen LogP contribution is -2.36. The Labute approximate surface area is 127 Å². The van der Waals surface area contributed by atoms with Crippen molar-refractivity contribution >= 4 is 27.7 Å². The van der Waals surface area contributed by atoms with E-state index in [2.05, 4.69) is 39.4 Å². The van der Waals surface area contributed by atoms with Crippen molar-refractivity contribution in [1.29, 1.82) is 0 Å². The fraction of sp³-hybridized carbons (Fsp3) is 0.600. The molecule has 1 aromatic rings. The minimum absolute atomic E-state index is 0.293. The highest BCUT2D eigenvalue weighted by Gasteiger charge is 2.33. The Kier molecular flexibility index (Phi) is 4.52. The van der Waals surface area contributed by atoms with E-state index >= 15 is 0 Å². The molecule has 2 N–H and O–H groups in total. The largest absolute Gasteiger partial charge is 0.396 e. The van der Waals surface area contributed by atoms with Crippen molar-refractivity contribution in [1.82, 2.24) is 5.32 Å². The van der Waals surface area contributed by atoms with E-state index in [-0.39, 0.29) is 0 Å². The number of rotatable bonds is 5. The molecule has 3 rings (SSSR count). The van der Waals surface area contributed by atoms with E-state index < -0.39 is 0 Å². The van der Waals surface area contributed by atoms with Crippen molar-refractivity contribution in [2.24, 2.45) is 5.92 Å². The van der Waals surface area contributed by atoms with Crippen LogP contribution in [0.2, 0.25) is 0 Å². The van der Waals surface area contributed by atoms with Gasteiger partial charge in [-0.25, -0.2) is 0 Å². The first-order valence-electron chi connectivity index (χ1n) is 7.07. The van der Waals surface area contributed by atoms with Crippen LogP contribution in [0.25, 0.3) is 0 Å². The van der Waals surface area contributed by atoms with Crippen LogP contribution in [-0.4, -0.2) is 23.5 Å². The lowest BCUT2D eigenvalue weighted by Gasteiger charge is -2.30. The average molecular weight is 342 g/mol. The Morgan fingerprint density at radius 1 is 1.37 bits per heavy atom. The number of aliphatic hydroxyl groups is 1. The Morgan fingerprint density at radius 3 is 2.95 bits per heavy atom. The van der Waals surface area contributed by atoms with Crippen LogP contribution in [-0.2, 0) is 0 Å². The van der Waals surface area contributed by atoms with E-state index in [0.717, 1.165) is 16.8 Å². The minimum atomic E-state index is 0.293. The van der Waals surface area contributed by atoms with Gasteiger partial charge in [-0.2, -0.15) is 0 Å².